The van der Waals surface area contributed by atoms with Gasteiger partial charge >= 0.3 is 5.97 Å². The molecule has 2 nitrogen and oxygen atoms in total. The molecule has 0 heterocycles. The van der Waals surface area contributed by atoms with Gasteiger partial charge in [-0.1, -0.05) is 11.6 Å². The van der Waals surface area contributed by atoms with Crippen molar-refractivity contribution in [2.75, 3.05) is 0 Å². The van der Waals surface area contributed by atoms with Gasteiger partial charge in [0.05, 0.1) is 10.6 Å². The van der Waals surface area contributed by atoms with E-state index in [4.69, 9.17) is 16.7 Å². The van der Waals surface area contributed by atoms with Crippen LogP contribution in [0.2, 0.25) is 5.02 Å². The van der Waals surface area contributed by atoms with Crippen molar-refractivity contribution in [1.29, 1.82) is 0 Å². The topological polar surface area (TPSA) is 37.3 Å². The molecule has 6 heteroatoms. The van der Waals surface area contributed by atoms with Crippen molar-refractivity contribution in [3.63, 3.8) is 0 Å². The Morgan fingerprint density at radius 2 is 2.00 bits per heavy atom. The number of benzene rings is 1. The van der Waals surface area contributed by atoms with Crippen LogP contribution in [0.25, 0.3) is 0 Å². The first-order valence-electron chi connectivity index (χ1n) is 3.44. The van der Waals surface area contributed by atoms with Gasteiger partial charge < -0.3 is 5.11 Å². The second-order valence-electron chi connectivity index (χ2n) is 2.46. The third-order valence-electron chi connectivity index (χ3n) is 1.55. The zero-order valence-electron chi connectivity index (χ0n) is 6.60. The lowest BCUT2D eigenvalue weighted by Gasteiger charge is -2.04. The zero-order chi connectivity index (χ0) is 10.9. The van der Waals surface area contributed by atoms with Crippen LogP contribution in [0.5, 0.6) is 0 Å². The van der Waals surface area contributed by atoms with Crippen LogP contribution in [0.3, 0.4) is 0 Å². The molecule has 0 saturated carbocycles. The van der Waals surface area contributed by atoms with E-state index in [0.717, 1.165) is 0 Å². The van der Waals surface area contributed by atoms with Crippen molar-refractivity contribution in [2.24, 2.45) is 0 Å². The quantitative estimate of drug-likeness (QED) is 0.838. The maximum atomic E-state index is 12.9. The van der Waals surface area contributed by atoms with Crippen LogP contribution >= 0.6 is 11.6 Å². The summed E-state index contributed by atoms with van der Waals surface area (Å²) >= 11 is 5.33. The molecule has 14 heavy (non-hydrogen) atoms. The molecule has 0 fully saturated rings. The standard InChI is InChI=1S/C8H4ClF3O2/c9-5-1-4(8(13)14)6(10)2-3(5)7(11)12/h1-2,7H,(H,13,14). The second-order valence-corrected chi connectivity index (χ2v) is 2.87. The Labute approximate surface area is 81.9 Å². The average molecular weight is 225 g/mol. The fraction of sp³-hybridized carbons (Fsp3) is 0.125. The number of hydrogen-bond donors (Lipinski definition) is 1. The summed E-state index contributed by atoms with van der Waals surface area (Å²) in [6.45, 7) is 0. The number of alkyl halides is 2. The Bertz CT molecular complexity index is 379. The average Bonchev–Trinajstić information content (AvgIpc) is 2.07. The molecule has 76 valence electrons. The van der Waals surface area contributed by atoms with Crippen molar-refractivity contribution in [1.82, 2.24) is 0 Å². The molecule has 0 aromatic heterocycles. The monoisotopic (exact) mass is 224 g/mol. The Balaban J connectivity index is 3.31. The smallest absolute Gasteiger partial charge is 0.338 e. The van der Waals surface area contributed by atoms with Gasteiger partial charge in [-0.3, -0.25) is 0 Å². The fourth-order valence-corrected chi connectivity index (χ4v) is 1.14. The lowest BCUT2D eigenvalue weighted by molar-refractivity contribution is 0.0691. The maximum Gasteiger partial charge on any atom is 0.338 e. The first-order valence-corrected chi connectivity index (χ1v) is 3.81. The molecule has 0 aliphatic heterocycles. The summed E-state index contributed by atoms with van der Waals surface area (Å²) in [5.74, 6) is -2.78. The molecule has 0 aliphatic carbocycles. The summed E-state index contributed by atoms with van der Waals surface area (Å²) in [6.07, 6.45) is -2.93. The highest BCUT2D eigenvalue weighted by Crippen LogP contribution is 2.29. The number of halogens is 4. The minimum absolute atomic E-state index is 0.427. The molecule has 0 radical (unpaired) electrons. The lowest BCUT2D eigenvalue weighted by Crippen LogP contribution is -2.02. The number of rotatable bonds is 2. The summed E-state index contributed by atoms with van der Waals surface area (Å²) in [4.78, 5) is 10.4. The summed E-state index contributed by atoms with van der Waals surface area (Å²) in [5.41, 5.74) is -1.44. The molecule has 1 aromatic carbocycles. The van der Waals surface area contributed by atoms with E-state index in [1.165, 1.54) is 0 Å². The van der Waals surface area contributed by atoms with Gasteiger partial charge in [0.2, 0.25) is 0 Å². The van der Waals surface area contributed by atoms with E-state index >= 15 is 0 Å². The van der Waals surface area contributed by atoms with Crippen LogP contribution in [-0.4, -0.2) is 11.1 Å². The predicted molar refractivity (Wildman–Crippen MR) is 43.3 cm³/mol. The first-order chi connectivity index (χ1) is 6.43. The second kappa shape index (κ2) is 3.88. The Hall–Kier alpha value is -1.23. The predicted octanol–water partition coefficient (Wildman–Crippen LogP) is 3.11. The molecular weight excluding hydrogens is 221 g/mol. The third kappa shape index (κ3) is 1.98. The van der Waals surface area contributed by atoms with Crippen molar-refractivity contribution >= 4 is 17.6 Å². The van der Waals surface area contributed by atoms with E-state index in [1.807, 2.05) is 0 Å². The van der Waals surface area contributed by atoms with E-state index < -0.39 is 34.4 Å². The van der Waals surface area contributed by atoms with Crippen LogP contribution < -0.4 is 0 Å². The minimum Gasteiger partial charge on any atom is -0.478 e. The fourth-order valence-electron chi connectivity index (χ4n) is 0.893. The number of carboxylic acid groups (broad SMARTS) is 1. The Morgan fingerprint density at radius 1 is 1.43 bits per heavy atom. The molecule has 0 aliphatic rings. The van der Waals surface area contributed by atoms with Gasteiger partial charge in [-0.05, 0) is 12.1 Å². The molecule has 0 unspecified atom stereocenters. The number of carboxylic acids is 1. The Morgan fingerprint density at radius 3 is 2.43 bits per heavy atom. The summed E-state index contributed by atoms with van der Waals surface area (Å²) in [6, 6.07) is 1.09. The van der Waals surface area contributed by atoms with Gasteiger partial charge in [0.15, 0.2) is 0 Å². The molecule has 0 atom stereocenters. The molecule has 0 amide bonds. The van der Waals surface area contributed by atoms with Gasteiger partial charge in [0.25, 0.3) is 6.43 Å². The van der Waals surface area contributed by atoms with Crippen LogP contribution in [-0.2, 0) is 0 Å². The molecule has 0 bridgehead atoms. The number of carbonyl (C=O) groups is 1. The molecule has 1 rings (SSSR count). The largest absolute Gasteiger partial charge is 0.478 e. The molecule has 0 spiro atoms. The lowest BCUT2D eigenvalue weighted by atomic mass is 10.1. The van der Waals surface area contributed by atoms with Crippen molar-refractivity contribution in [3.05, 3.63) is 34.1 Å². The highest BCUT2D eigenvalue weighted by molar-refractivity contribution is 6.31. The summed E-state index contributed by atoms with van der Waals surface area (Å²) < 4.78 is 37.2. The normalized spacial score (nSPS) is 10.6. The van der Waals surface area contributed by atoms with Crippen LogP contribution in [0.4, 0.5) is 13.2 Å². The SMILES string of the molecule is O=C(O)c1cc(Cl)c(C(F)F)cc1F. The van der Waals surface area contributed by atoms with Crippen molar-refractivity contribution in [3.8, 4) is 0 Å². The van der Waals surface area contributed by atoms with E-state index in [-0.39, 0.29) is 0 Å². The van der Waals surface area contributed by atoms with Gasteiger partial charge in [-0.2, -0.15) is 0 Å². The maximum absolute atomic E-state index is 12.9. The number of hydrogen-bond acceptors (Lipinski definition) is 1. The van der Waals surface area contributed by atoms with E-state index in [2.05, 4.69) is 0 Å². The highest BCUT2D eigenvalue weighted by atomic mass is 35.5. The van der Waals surface area contributed by atoms with Crippen LogP contribution in [0.1, 0.15) is 22.3 Å². The summed E-state index contributed by atoms with van der Waals surface area (Å²) in [7, 11) is 0. The van der Waals surface area contributed by atoms with Crippen LogP contribution in [0, 0.1) is 5.82 Å². The molecular formula is C8H4ClF3O2. The minimum atomic E-state index is -2.93. The van der Waals surface area contributed by atoms with Crippen molar-refractivity contribution in [2.45, 2.75) is 6.43 Å². The Kier molecular flexibility index (Phi) is 3.00. The van der Waals surface area contributed by atoms with E-state index in [0.29, 0.717) is 12.1 Å². The van der Waals surface area contributed by atoms with E-state index in [9.17, 15) is 18.0 Å². The van der Waals surface area contributed by atoms with E-state index in [1.54, 1.807) is 0 Å². The van der Waals surface area contributed by atoms with Gasteiger partial charge in [-0.15, -0.1) is 0 Å². The highest BCUT2D eigenvalue weighted by Gasteiger charge is 2.18. The van der Waals surface area contributed by atoms with Gasteiger partial charge in [-0.25, -0.2) is 18.0 Å². The molecule has 1 N–H and O–H groups in total. The third-order valence-corrected chi connectivity index (χ3v) is 1.88. The van der Waals surface area contributed by atoms with Crippen molar-refractivity contribution < 1.29 is 23.1 Å². The summed E-state index contributed by atoms with van der Waals surface area (Å²) in [5, 5.41) is 7.97. The molecule has 0 saturated heterocycles. The van der Waals surface area contributed by atoms with Gasteiger partial charge in [0.1, 0.15) is 5.82 Å². The number of aromatic carboxylic acids is 1. The zero-order valence-corrected chi connectivity index (χ0v) is 7.36. The van der Waals surface area contributed by atoms with Crippen LogP contribution in [0.15, 0.2) is 12.1 Å². The molecule has 1 aromatic rings. The first kappa shape index (κ1) is 10.8. The van der Waals surface area contributed by atoms with Gasteiger partial charge in [0, 0.05) is 5.56 Å².